The maximum absolute atomic E-state index is 12.1. The molecule has 0 radical (unpaired) electrons. The van der Waals surface area contributed by atoms with Crippen molar-refractivity contribution in [3.8, 4) is 6.07 Å². The number of Topliss-reactive ketones (excluding diaryl/α,β-unsaturated/α-hetero) is 1. The molecule has 9 nitrogen and oxygen atoms in total. The predicted octanol–water partition coefficient (Wildman–Crippen LogP) is 2.43. The average molecular weight is 374 g/mol. The zero-order valence-corrected chi connectivity index (χ0v) is 14.7. The zero-order valence-electron chi connectivity index (χ0n) is 13.9. The number of carbonyl (C=O) groups is 2. The van der Waals surface area contributed by atoms with Gasteiger partial charge in [0, 0.05) is 24.2 Å². The Balaban J connectivity index is 2.08. The molecular weight excluding hydrogens is 360 g/mol. The van der Waals surface area contributed by atoms with Gasteiger partial charge in [0.25, 0.3) is 5.69 Å². The molecule has 10 heteroatoms. The highest BCUT2D eigenvalue weighted by Gasteiger charge is 2.25. The van der Waals surface area contributed by atoms with E-state index in [0.717, 1.165) is 6.07 Å². The van der Waals surface area contributed by atoms with Gasteiger partial charge in [0.1, 0.15) is 10.7 Å². The van der Waals surface area contributed by atoms with Crippen molar-refractivity contribution in [2.24, 2.45) is 0 Å². The minimum absolute atomic E-state index is 0.0675. The van der Waals surface area contributed by atoms with Crippen molar-refractivity contribution in [2.75, 3.05) is 19.0 Å². The smallest absolute Gasteiger partial charge is 0.338 e. The van der Waals surface area contributed by atoms with Crippen LogP contribution in [0.3, 0.4) is 0 Å². The molecule has 0 spiro atoms. The van der Waals surface area contributed by atoms with Crippen LogP contribution >= 0.6 is 11.3 Å². The van der Waals surface area contributed by atoms with Gasteiger partial charge in [-0.25, -0.2) is 9.78 Å². The van der Waals surface area contributed by atoms with Crippen molar-refractivity contribution in [3.63, 3.8) is 0 Å². The molecule has 2 aromatic rings. The number of nitro groups is 1. The molecule has 26 heavy (non-hydrogen) atoms. The van der Waals surface area contributed by atoms with Gasteiger partial charge in [-0.1, -0.05) is 0 Å². The number of carbonyl (C=O) groups excluding carboxylic acids is 2. The second-order valence-corrected chi connectivity index (χ2v) is 6.06. The van der Waals surface area contributed by atoms with Crippen LogP contribution in [0.25, 0.3) is 0 Å². The minimum atomic E-state index is -1.12. The lowest BCUT2D eigenvalue weighted by Gasteiger charge is -2.08. The number of aryl methyl sites for hydroxylation is 1. The summed E-state index contributed by atoms with van der Waals surface area (Å²) in [6, 6.07) is 5.62. The number of esters is 1. The van der Waals surface area contributed by atoms with Crippen LogP contribution in [0.15, 0.2) is 23.6 Å². The van der Waals surface area contributed by atoms with Gasteiger partial charge < -0.3 is 10.1 Å². The summed E-state index contributed by atoms with van der Waals surface area (Å²) in [7, 11) is 1.52. The van der Waals surface area contributed by atoms with E-state index in [1.807, 2.05) is 6.07 Å². The Morgan fingerprint density at radius 1 is 1.50 bits per heavy atom. The van der Waals surface area contributed by atoms with Gasteiger partial charge in [-0.3, -0.25) is 14.9 Å². The first-order valence-electron chi connectivity index (χ1n) is 7.35. The first-order valence-corrected chi connectivity index (χ1v) is 8.23. The van der Waals surface area contributed by atoms with Crippen LogP contribution in [0.4, 0.5) is 11.4 Å². The molecule has 0 bridgehead atoms. The largest absolute Gasteiger partial charge is 0.454 e. The Bertz CT molecular complexity index is 902. The average Bonchev–Trinajstić information content (AvgIpc) is 3.05. The molecule has 0 fully saturated rings. The molecule has 0 saturated carbocycles. The van der Waals surface area contributed by atoms with Crippen molar-refractivity contribution in [1.82, 2.24) is 4.98 Å². The number of anilines is 1. The number of aromatic nitrogens is 1. The molecule has 0 aliphatic carbocycles. The Morgan fingerprint density at radius 3 is 2.77 bits per heavy atom. The quantitative estimate of drug-likeness (QED) is 0.443. The number of benzene rings is 1. The standard InChI is InChI=1S/C16H14N4O5S/c1-9-8-26-15(19-9)11(6-17)14(21)7-25-16(22)10-3-4-12(18-2)13(5-10)20(23)24/h3-5,8,11,18H,7H2,1-2H3/t11-/m0/s1. The summed E-state index contributed by atoms with van der Waals surface area (Å²) in [6.45, 7) is 1.11. The van der Waals surface area contributed by atoms with E-state index in [2.05, 4.69) is 10.3 Å². The molecule has 134 valence electrons. The minimum Gasteiger partial charge on any atom is -0.454 e. The van der Waals surface area contributed by atoms with E-state index >= 15 is 0 Å². The van der Waals surface area contributed by atoms with Crippen LogP contribution in [-0.4, -0.2) is 35.3 Å². The predicted molar refractivity (Wildman–Crippen MR) is 93.1 cm³/mol. The fourth-order valence-corrected chi connectivity index (χ4v) is 2.96. The van der Waals surface area contributed by atoms with E-state index in [4.69, 9.17) is 10.00 Å². The second-order valence-electron chi connectivity index (χ2n) is 5.17. The number of nitro benzene ring substituents is 1. The normalized spacial score (nSPS) is 11.3. The Hall–Kier alpha value is -3.32. The molecule has 1 aromatic heterocycles. The Kier molecular flexibility index (Phi) is 5.98. The topological polar surface area (TPSA) is 135 Å². The third-order valence-corrected chi connectivity index (χ3v) is 4.41. The lowest BCUT2D eigenvalue weighted by molar-refractivity contribution is -0.384. The number of thiazole rings is 1. The molecule has 1 N–H and O–H groups in total. The third kappa shape index (κ3) is 4.20. The van der Waals surface area contributed by atoms with Crippen molar-refractivity contribution in [3.05, 3.63) is 50.0 Å². The van der Waals surface area contributed by atoms with Gasteiger partial charge in [-0.05, 0) is 19.1 Å². The molecular formula is C16H14N4O5S. The lowest BCUT2D eigenvalue weighted by Crippen LogP contribution is -2.20. The molecule has 1 aromatic carbocycles. The fourth-order valence-electron chi connectivity index (χ4n) is 2.09. The van der Waals surface area contributed by atoms with Gasteiger partial charge in [-0.2, -0.15) is 5.26 Å². The first-order chi connectivity index (χ1) is 12.4. The summed E-state index contributed by atoms with van der Waals surface area (Å²) in [5.41, 5.74) is 0.571. The summed E-state index contributed by atoms with van der Waals surface area (Å²) in [6.07, 6.45) is 0. The van der Waals surface area contributed by atoms with Gasteiger partial charge in [0.2, 0.25) is 0 Å². The number of rotatable bonds is 7. The van der Waals surface area contributed by atoms with E-state index in [1.54, 1.807) is 12.3 Å². The molecule has 2 rings (SSSR count). The summed E-state index contributed by atoms with van der Waals surface area (Å²) >= 11 is 1.17. The summed E-state index contributed by atoms with van der Waals surface area (Å²) in [5.74, 6) is -2.63. The number of nitrogens with one attached hydrogen (secondary N) is 1. The maximum atomic E-state index is 12.1. The molecule has 0 amide bonds. The van der Waals surface area contributed by atoms with Crippen LogP contribution in [-0.2, 0) is 9.53 Å². The molecule has 0 aliphatic rings. The SMILES string of the molecule is CNc1ccc(C(=O)OCC(=O)[C@H](C#N)c2nc(C)cs2)cc1[N+](=O)[O-]. The van der Waals surface area contributed by atoms with Crippen molar-refractivity contribution in [2.45, 2.75) is 12.8 Å². The fraction of sp³-hybridized carbons (Fsp3) is 0.250. The van der Waals surface area contributed by atoms with Gasteiger partial charge in [0.05, 0.1) is 16.6 Å². The number of nitriles is 1. The Labute approximate surface area is 152 Å². The molecule has 1 heterocycles. The van der Waals surface area contributed by atoms with E-state index < -0.39 is 29.2 Å². The van der Waals surface area contributed by atoms with Gasteiger partial charge in [0.15, 0.2) is 18.3 Å². The summed E-state index contributed by atoms with van der Waals surface area (Å²) < 4.78 is 4.90. The number of ketones is 1. The molecule has 0 unspecified atom stereocenters. The van der Waals surface area contributed by atoms with Gasteiger partial charge >= 0.3 is 5.97 Å². The van der Waals surface area contributed by atoms with Crippen LogP contribution in [0.2, 0.25) is 0 Å². The van der Waals surface area contributed by atoms with E-state index in [0.29, 0.717) is 10.7 Å². The second kappa shape index (κ2) is 8.17. The summed E-state index contributed by atoms with van der Waals surface area (Å²) in [5, 5.41) is 24.9. The van der Waals surface area contributed by atoms with Crippen molar-refractivity contribution < 1.29 is 19.2 Å². The molecule has 1 atom stereocenters. The third-order valence-electron chi connectivity index (χ3n) is 3.38. The van der Waals surface area contributed by atoms with Crippen LogP contribution in [0, 0.1) is 28.4 Å². The lowest BCUT2D eigenvalue weighted by atomic mass is 10.1. The highest BCUT2D eigenvalue weighted by atomic mass is 32.1. The molecule has 0 saturated heterocycles. The maximum Gasteiger partial charge on any atom is 0.338 e. The van der Waals surface area contributed by atoms with Crippen LogP contribution in [0.5, 0.6) is 0 Å². The number of ether oxygens (including phenoxy) is 1. The van der Waals surface area contributed by atoms with E-state index in [-0.39, 0.29) is 16.9 Å². The number of hydrogen-bond donors (Lipinski definition) is 1. The van der Waals surface area contributed by atoms with E-state index in [9.17, 15) is 19.7 Å². The van der Waals surface area contributed by atoms with Crippen LogP contribution in [0.1, 0.15) is 27.0 Å². The van der Waals surface area contributed by atoms with Crippen LogP contribution < -0.4 is 5.32 Å². The van der Waals surface area contributed by atoms with Crippen molar-refractivity contribution in [1.29, 1.82) is 5.26 Å². The first kappa shape index (κ1) is 19.0. The highest BCUT2D eigenvalue weighted by molar-refractivity contribution is 7.09. The number of hydrogen-bond acceptors (Lipinski definition) is 9. The number of nitrogens with zero attached hydrogens (tertiary/aromatic N) is 3. The monoisotopic (exact) mass is 374 g/mol. The summed E-state index contributed by atoms with van der Waals surface area (Å²) in [4.78, 5) is 38.7. The zero-order chi connectivity index (χ0) is 19.3. The molecule has 0 aliphatic heterocycles. The highest BCUT2D eigenvalue weighted by Crippen LogP contribution is 2.25. The van der Waals surface area contributed by atoms with Crippen molar-refractivity contribution >= 4 is 34.5 Å². The van der Waals surface area contributed by atoms with Gasteiger partial charge in [-0.15, -0.1) is 11.3 Å². The Morgan fingerprint density at radius 2 is 2.23 bits per heavy atom. The van der Waals surface area contributed by atoms with E-state index in [1.165, 1.54) is 30.5 Å².